The van der Waals surface area contributed by atoms with Crippen molar-refractivity contribution in [1.82, 2.24) is 4.98 Å². The second kappa shape index (κ2) is 6.57. The summed E-state index contributed by atoms with van der Waals surface area (Å²) >= 11 is 3.45. The molecule has 0 radical (unpaired) electrons. The van der Waals surface area contributed by atoms with E-state index in [-0.39, 0.29) is 17.5 Å². The Morgan fingerprint density at radius 3 is 2.50 bits per heavy atom. The van der Waals surface area contributed by atoms with Gasteiger partial charge in [0.2, 0.25) is 0 Å². The van der Waals surface area contributed by atoms with Gasteiger partial charge in [-0.3, -0.25) is 4.79 Å². The molecule has 1 fully saturated rings. The normalized spacial score (nSPS) is 15.8. The minimum atomic E-state index is -0.313. The topological polar surface area (TPSA) is 33.2 Å². The van der Waals surface area contributed by atoms with Crippen molar-refractivity contribution in [3.8, 4) is 0 Å². The number of benzene rings is 1. The number of anilines is 1. The van der Waals surface area contributed by atoms with Crippen LogP contribution in [-0.4, -0.2) is 23.9 Å². The van der Waals surface area contributed by atoms with Crippen molar-refractivity contribution in [1.29, 1.82) is 0 Å². The van der Waals surface area contributed by atoms with Gasteiger partial charge in [0.25, 0.3) is 0 Å². The van der Waals surface area contributed by atoms with Crippen molar-refractivity contribution >= 4 is 27.5 Å². The summed E-state index contributed by atoms with van der Waals surface area (Å²) in [7, 11) is 0. The third-order valence-electron chi connectivity index (χ3n) is 4.03. The van der Waals surface area contributed by atoms with Gasteiger partial charge in [-0.05, 0) is 49.2 Å². The van der Waals surface area contributed by atoms with Gasteiger partial charge in [0, 0.05) is 35.2 Å². The van der Waals surface area contributed by atoms with E-state index < -0.39 is 0 Å². The number of hydrogen-bond donors (Lipinski definition) is 0. The number of halogens is 2. The van der Waals surface area contributed by atoms with E-state index in [0.29, 0.717) is 5.56 Å². The first-order valence-electron chi connectivity index (χ1n) is 7.30. The summed E-state index contributed by atoms with van der Waals surface area (Å²) in [6.45, 7) is 1.61. The first kappa shape index (κ1) is 15.2. The van der Waals surface area contributed by atoms with Crippen LogP contribution in [0.2, 0.25) is 0 Å². The number of rotatable bonds is 3. The zero-order valence-electron chi connectivity index (χ0n) is 12.0. The Morgan fingerprint density at radius 1 is 1.18 bits per heavy atom. The standard InChI is InChI=1S/C17H16BrFN2O/c18-14-5-8-20-16(11-14)21-9-6-13(7-10-21)17(22)12-1-3-15(19)4-2-12/h1-5,8,11,13H,6-7,9-10H2. The molecule has 0 atom stereocenters. The van der Waals surface area contributed by atoms with Crippen LogP contribution in [-0.2, 0) is 0 Å². The highest BCUT2D eigenvalue weighted by molar-refractivity contribution is 9.10. The summed E-state index contributed by atoms with van der Waals surface area (Å²) in [6.07, 6.45) is 3.37. The molecule has 1 aromatic carbocycles. The number of Topliss-reactive ketones (excluding diaryl/α,β-unsaturated/α-hetero) is 1. The number of carbonyl (C=O) groups is 1. The van der Waals surface area contributed by atoms with Gasteiger partial charge in [-0.2, -0.15) is 0 Å². The molecule has 0 spiro atoms. The smallest absolute Gasteiger partial charge is 0.166 e. The molecule has 1 aliphatic rings. The average Bonchev–Trinajstić information content (AvgIpc) is 2.55. The summed E-state index contributed by atoms with van der Waals surface area (Å²) < 4.78 is 13.9. The number of piperidine rings is 1. The number of aromatic nitrogens is 1. The van der Waals surface area contributed by atoms with E-state index in [9.17, 15) is 9.18 Å². The fourth-order valence-electron chi connectivity index (χ4n) is 2.79. The fraction of sp³-hybridized carbons (Fsp3) is 0.294. The highest BCUT2D eigenvalue weighted by Gasteiger charge is 2.26. The largest absolute Gasteiger partial charge is 0.357 e. The number of pyridine rings is 1. The number of carbonyl (C=O) groups excluding carboxylic acids is 1. The number of nitrogens with zero attached hydrogens (tertiary/aromatic N) is 2. The SMILES string of the molecule is O=C(c1ccc(F)cc1)C1CCN(c2cc(Br)ccn2)CC1. The molecule has 0 amide bonds. The molecule has 0 unspecified atom stereocenters. The van der Waals surface area contributed by atoms with E-state index in [1.807, 2.05) is 12.1 Å². The van der Waals surface area contributed by atoms with Crippen LogP contribution < -0.4 is 4.90 Å². The Balaban J connectivity index is 1.64. The molecule has 22 heavy (non-hydrogen) atoms. The van der Waals surface area contributed by atoms with Crippen LogP contribution in [0.15, 0.2) is 47.1 Å². The van der Waals surface area contributed by atoms with Gasteiger partial charge in [-0.1, -0.05) is 15.9 Å². The minimum Gasteiger partial charge on any atom is -0.357 e. The van der Waals surface area contributed by atoms with E-state index in [0.717, 1.165) is 36.2 Å². The van der Waals surface area contributed by atoms with E-state index in [4.69, 9.17) is 0 Å². The van der Waals surface area contributed by atoms with Gasteiger partial charge >= 0.3 is 0 Å². The molecular weight excluding hydrogens is 347 g/mol. The molecular formula is C17H16BrFN2O. The monoisotopic (exact) mass is 362 g/mol. The van der Waals surface area contributed by atoms with Gasteiger partial charge in [-0.15, -0.1) is 0 Å². The summed E-state index contributed by atoms with van der Waals surface area (Å²) in [5.74, 6) is 0.741. The van der Waals surface area contributed by atoms with E-state index in [1.165, 1.54) is 12.1 Å². The number of hydrogen-bond acceptors (Lipinski definition) is 3. The molecule has 1 aliphatic heterocycles. The van der Waals surface area contributed by atoms with Crippen LogP contribution in [0.3, 0.4) is 0 Å². The van der Waals surface area contributed by atoms with Crippen LogP contribution in [0, 0.1) is 11.7 Å². The summed E-state index contributed by atoms with van der Waals surface area (Å²) in [4.78, 5) is 19.0. The minimum absolute atomic E-state index is 0.00821. The third kappa shape index (κ3) is 3.35. The first-order chi connectivity index (χ1) is 10.6. The Labute approximate surface area is 137 Å². The van der Waals surface area contributed by atoms with Crippen LogP contribution in [0.5, 0.6) is 0 Å². The first-order valence-corrected chi connectivity index (χ1v) is 8.09. The molecule has 3 nitrogen and oxygen atoms in total. The summed E-state index contributed by atoms with van der Waals surface area (Å²) in [5.41, 5.74) is 0.598. The second-order valence-electron chi connectivity index (χ2n) is 5.46. The van der Waals surface area contributed by atoms with Crippen molar-refractivity contribution in [2.75, 3.05) is 18.0 Å². The van der Waals surface area contributed by atoms with Crippen LogP contribution in [0.4, 0.5) is 10.2 Å². The van der Waals surface area contributed by atoms with Gasteiger partial charge < -0.3 is 4.90 Å². The predicted molar refractivity (Wildman–Crippen MR) is 87.6 cm³/mol. The maximum absolute atomic E-state index is 12.9. The Bertz CT molecular complexity index is 667. The molecule has 2 aromatic rings. The van der Waals surface area contributed by atoms with Crippen LogP contribution in [0.25, 0.3) is 0 Å². The van der Waals surface area contributed by atoms with E-state index >= 15 is 0 Å². The highest BCUT2D eigenvalue weighted by atomic mass is 79.9. The van der Waals surface area contributed by atoms with Crippen molar-refractivity contribution in [3.05, 3.63) is 58.4 Å². The molecule has 0 bridgehead atoms. The van der Waals surface area contributed by atoms with Crippen LogP contribution in [0.1, 0.15) is 23.2 Å². The molecule has 1 saturated heterocycles. The van der Waals surface area contributed by atoms with Crippen molar-refractivity contribution in [3.63, 3.8) is 0 Å². The third-order valence-corrected chi connectivity index (χ3v) is 4.52. The second-order valence-corrected chi connectivity index (χ2v) is 6.38. The zero-order valence-corrected chi connectivity index (χ0v) is 13.6. The maximum Gasteiger partial charge on any atom is 0.166 e. The molecule has 5 heteroatoms. The van der Waals surface area contributed by atoms with Crippen LogP contribution >= 0.6 is 15.9 Å². The molecule has 114 valence electrons. The lowest BCUT2D eigenvalue weighted by Crippen LogP contribution is -2.36. The summed E-state index contributed by atoms with van der Waals surface area (Å²) in [5, 5.41) is 0. The highest BCUT2D eigenvalue weighted by Crippen LogP contribution is 2.26. The van der Waals surface area contributed by atoms with E-state index in [2.05, 4.69) is 25.8 Å². The fourth-order valence-corrected chi connectivity index (χ4v) is 3.11. The zero-order chi connectivity index (χ0) is 15.5. The van der Waals surface area contributed by atoms with Crippen molar-refractivity contribution in [2.24, 2.45) is 5.92 Å². The lowest BCUT2D eigenvalue weighted by atomic mass is 9.89. The van der Waals surface area contributed by atoms with E-state index in [1.54, 1.807) is 18.3 Å². The Kier molecular flexibility index (Phi) is 4.52. The molecule has 2 heterocycles. The lowest BCUT2D eigenvalue weighted by Gasteiger charge is -2.32. The average molecular weight is 363 g/mol. The molecule has 0 saturated carbocycles. The lowest BCUT2D eigenvalue weighted by molar-refractivity contribution is 0.0900. The number of ketones is 1. The van der Waals surface area contributed by atoms with Gasteiger partial charge in [0.05, 0.1) is 0 Å². The van der Waals surface area contributed by atoms with Crippen molar-refractivity contribution < 1.29 is 9.18 Å². The van der Waals surface area contributed by atoms with Gasteiger partial charge in [-0.25, -0.2) is 9.37 Å². The molecule has 3 rings (SSSR count). The van der Waals surface area contributed by atoms with Gasteiger partial charge in [0.1, 0.15) is 11.6 Å². The molecule has 0 N–H and O–H groups in total. The predicted octanol–water partition coefficient (Wildman–Crippen LogP) is 4.08. The molecule has 1 aromatic heterocycles. The summed E-state index contributed by atoms with van der Waals surface area (Å²) in [6, 6.07) is 9.71. The molecule has 0 aliphatic carbocycles. The quantitative estimate of drug-likeness (QED) is 0.771. The Hall–Kier alpha value is -1.75. The van der Waals surface area contributed by atoms with Crippen molar-refractivity contribution in [2.45, 2.75) is 12.8 Å². The Morgan fingerprint density at radius 2 is 1.86 bits per heavy atom. The maximum atomic E-state index is 12.9. The van der Waals surface area contributed by atoms with Gasteiger partial charge in [0.15, 0.2) is 5.78 Å².